The van der Waals surface area contributed by atoms with Crippen LogP contribution in [0, 0.1) is 0 Å². The van der Waals surface area contributed by atoms with Crippen LogP contribution in [0.15, 0.2) is 30.3 Å². The van der Waals surface area contributed by atoms with Gasteiger partial charge in [-0.3, -0.25) is 4.98 Å². The van der Waals surface area contributed by atoms with Crippen LogP contribution in [0.25, 0.3) is 10.9 Å². The van der Waals surface area contributed by atoms with Crippen LogP contribution in [0.3, 0.4) is 0 Å². The highest BCUT2D eigenvalue weighted by Crippen LogP contribution is 2.34. The SMILES string of the molecule is FC(F)(F)c1cccc2nc(CBr)ccc12. The first-order valence-corrected chi connectivity index (χ1v) is 5.66. The van der Waals surface area contributed by atoms with E-state index in [0.29, 0.717) is 16.5 Å². The van der Waals surface area contributed by atoms with Crippen molar-refractivity contribution in [2.24, 2.45) is 0 Å². The molecule has 0 aliphatic rings. The van der Waals surface area contributed by atoms with Gasteiger partial charge in [0.05, 0.1) is 16.8 Å². The van der Waals surface area contributed by atoms with Crippen LogP contribution in [0.2, 0.25) is 0 Å². The predicted molar refractivity (Wildman–Crippen MR) is 59.4 cm³/mol. The van der Waals surface area contributed by atoms with Crippen molar-refractivity contribution in [3.8, 4) is 0 Å². The molecular weight excluding hydrogens is 283 g/mol. The van der Waals surface area contributed by atoms with E-state index in [9.17, 15) is 13.2 Å². The molecule has 0 spiro atoms. The van der Waals surface area contributed by atoms with E-state index in [0.717, 1.165) is 6.07 Å². The van der Waals surface area contributed by atoms with E-state index >= 15 is 0 Å². The average molecular weight is 290 g/mol. The summed E-state index contributed by atoms with van der Waals surface area (Å²) in [6.07, 6.45) is -4.34. The van der Waals surface area contributed by atoms with Crippen LogP contribution in [0.1, 0.15) is 11.3 Å². The Bertz CT molecular complexity index is 522. The molecule has 0 fully saturated rings. The van der Waals surface area contributed by atoms with Gasteiger partial charge in [-0.1, -0.05) is 28.1 Å². The van der Waals surface area contributed by atoms with E-state index in [1.165, 1.54) is 12.1 Å². The van der Waals surface area contributed by atoms with Crippen molar-refractivity contribution in [3.63, 3.8) is 0 Å². The summed E-state index contributed by atoms with van der Waals surface area (Å²) in [4.78, 5) is 4.12. The van der Waals surface area contributed by atoms with Crippen molar-refractivity contribution in [1.29, 1.82) is 0 Å². The predicted octanol–water partition coefficient (Wildman–Crippen LogP) is 4.15. The summed E-state index contributed by atoms with van der Waals surface area (Å²) in [7, 11) is 0. The van der Waals surface area contributed by atoms with Crippen molar-refractivity contribution >= 4 is 26.8 Å². The highest BCUT2D eigenvalue weighted by molar-refractivity contribution is 9.08. The van der Waals surface area contributed by atoms with Gasteiger partial charge < -0.3 is 0 Å². The molecule has 0 amide bonds. The third-order valence-corrected chi connectivity index (χ3v) is 2.81. The lowest BCUT2D eigenvalue weighted by Gasteiger charge is -2.10. The second kappa shape index (κ2) is 4.05. The summed E-state index contributed by atoms with van der Waals surface area (Å²) < 4.78 is 38.0. The Hall–Kier alpha value is -1.10. The smallest absolute Gasteiger partial charge is 0.252 e. The Morgan fingerprint density at radius 1 is 1.12 bits per heavy atom. The molecular formula is C11H7BrF3N. The molecule has 1 heterocycles. The Kier molecular flexibility index (Phi) is 2.88. The van der Waals surface area contributed by atoms with Crippen LogP contribution < -0.4 is 0 Å². The van der Waals surface area contributed by atoms with E-state index in [-0.39, 0.29) is 5.39 Å². The van der Waals surface area contributed by atoms with Gasteiger partial charge in [0.15, 0.2) is 0 Å². The van der Waals surface area contributed by atoms with Gasteiger partial charge in [0.2, 0.25) is 0 Å². The fourth-order valence-electron chi connectivity index (χ4n) is 1.52. The molecule has 16 heavy (non-hydrogen) atoms. The van der Waals surface area contributed by atoms with Gasteiger partial charge in [-0.25, -0.2) is 0 Å². The Morgan fingerprint density at radius 3 is 2.50 bits per heavy atom. The van der Waals surface area contributed by atoms with Crippen LogP contribution >= 0.6 is 15.9 Å². The molecule has 0 N–H and O–H groups in total. The summed E-state index contributed by atoms with van der Waals surface area (Å²) >= 11 is 3.22. The number of rotatable bonds is 1. The largest absolute Gasteiger partial charge is 0.417 e. The highest BCUT2D eigenvalue weighted by atomic mass is 79.9. The number of aromatic nitrogens is 1. The lowest BCUT2D eigenvalue weighted by atomic mass is 10.1. The molecule has 0 aliphatic heterocycles. The zero-order valence-corrected chi connectivity index (χ0v) is 9.64. The first kappa shape index (κ1) is 11.4. The number of hydrogen-bond donors (Lipinski definition) is 0. The minimum Gasteiger partial charge on any atom is -0.252 e. The van der Waals surface area contributed by atoms with E-state index in [1.807, 2.05) is 0 Å². The third-order valence-electron chi connectivity index (χ3n) is 2.23. The molecule has 1 nitrogen and oxygen atoms in total. The van der Waals surface area contributed by atoms with Gasteiger partial charge in [0.1, 0.15) is 0 Å². The minimum atomic E-state index is -4.34. The fourth-order valence-corrected chi connectivity index (χ4v) is 1.83. The maximum atomic E-state index is 12.7. The highest BCUT2D eigenvalue weighted by Gasteiger charge is 2.32. The Morgan fingerprint density at radius 2 is 1.88 bits per heavy atom. The zero-order chi connectivity index (χ0) is 11.8. The van der Waals surface area contributed by atoms with E-state index in [4.69, 9.17) is 0 Å². The van der Waals surface area contributed by atoms with E-state index in [1.54, 1.807) is 12.1 Å². The normalized spacial score (nSPS) is 12.0. The summed E-state index contributed by atoms with van der Waals surface area (Å²) in [6.45, 7) is 0. The second-order valence-electron chi connectivity index (χ2n) is 3.31. The topological polar surface area (TPSA) is 12.9 Å². The minimum absolute atomic E-state index is 0.139. The van der Waals surface area contributed by atoms with E-state index in [2.05, 4.69) is 20.9 Å². The second-order valence-corrected chi connectivity index (χ2v) is 3.87. The molecule has 0 atom stereocenters. The van der Waals surface area contributed by atoms with Gasteiger partial charge in [-0.2, -0.15) is 13.2 Å². The number of nitrogens with zero attached hydrogens (tertiary/aromatic N) is 1. The summed E-state index contributed by atoms with van der Waals surface area (Å²) in [5, 5.41) is 0.666. The van der Waals surface area contributed by atoms with Crippen LogP contribution in [0.4, 0.5) is 13.2 Å². The molecule has 84 valence electrons. The van der Waals surface area contributed by atoms with Crippen molar-refractivity contribution in [2.45, 2.75) is 11.5 Å². The number of alkyl halides is 4. The van der Waals surface area contributed by atoms with E-state index < -0.39 is 11.7 Å². The summed E-state index contributed by atoms with van der Waals surface area (Å²) in [5.74, 6) is 0. The number of hydrogen-bond acceptors (Lipinski definition) is 1. The summed E-state index contributed by atoms with van der Waals surface area (Å²) in [6, 6.07) is 7.07. The number of pyridine rings is 1. The molecule has 0 saturated heterocycles. The number of fused-ring (bicyclic) bond motifs is 1. The lowest BCUT2D eigenvalue weighted by molar-refractivity contribution is -0.136. The molecule has 2 aromatic rings. The summed E-state index contributed by atoms with van der Waals surface area (Å²) in [5.41, 5.74) is 0.442. The first-order chi connectivity index (χ1) is 7.52. The van der Waals surface area contributed by atoms with Gasteiger partial charge in [-0.05, 0) is 18.2 Å². The fraction of sp³-hybridized carbons (Fsp3) is 0.182. The van der Waals surface area contributed by atoms with Gasteiger partial charge >= 0.3 is 6.18 Å². The quantitative estimate of drug-likeness (QED) is 0.719. The van der Waals surface area contributed by atoms with Crippen LogP contribution in [0.5, 0.6) is 0 Å². The molecule has 0 radical (unpaired) electrons. The number of halogens is 4. The molecule has 0 unspecified atom stereocenters. The molecule has 1 aromatic carbocycles. The van der Waals surface area contributed by atoms with Crippen molar-refractivity contribution in [3.05, 3.63) is 41.6 Å². The van der Waals surface area contributed by atoms with Crippen molar-refractivity contribution < 1.29 is 13.2 Å². The third kappa shape index (κ3) is 2.04. The zero-order valence-electron chi connectivity index (χ0n) is 8.05. The van der Waals surface area contributed by atoms with Crippen LogP contribution in [-0.2, 0) is 11.5 Å². The Balaban J connectivity index is 2.70. The monoisotopic (exact) mass is 289 g/mol. The van der Waals surface area contributed by atoms with Crippen LogP contribution in [-0.4, -0.2) is 4.98 Å². The molecule has 1 aromatic heterocycles. The maximum absolute atomic E-state index is 12.7. The average Bonchev–Trinajstić information content (AvgIpc) is 2.26. The Labute approximate surface area is 98.4 Å². The van der Waals surface area contributed by atoms with Gasteiger partial charge in [0.25, 0.3) is 0 Å². The molecule has 5 heteroatoms. The molecule has 0 bridgehead atoms. The first-order valence-electron chi connectivity index (χ1n) is 4.54. The van der Waals surface area contributed by atoms with Crippen molar-refractivity contribution in [1.82, 2.24) is 4.98 Å². The standard InChI is InChI=1S/C11H7BrF3N/c12-6-7-4-5-8-9(11(13,14)15)2-1-3-10(8)16-7/h1-5H,6H2. The van der Waals surface area contributed by atoms with Gasteiger partial charge in [-0.15, -0.1) is 0 Å². The lowest BCUT2D eigenvalue weighted by Crippen LogP contribution is -2.06. The maximum Gasteiger partial charge on any atom is 0.417 e. The molecule has 2 rings (SSSR count). The molecule has 0 saturated carbocycles. The van der Waals surface area contributed by atoms with Gasteiger partial charge in [0, 0.05) is 10.7 Å². The number of benzene rings is 1. The molecule has 0 aliphatic carbocycles. The van der Waals surface area contributed by atoms with Crippen molar-refractivity contribution in [2.75, 3.05) is 0 Å².